The van der Waals surface area contributed by atoms with Gasteiger partial charge in [0, 0.05) is 30.5 Å². The molecule has 166 valence electrons. The van der Waals surface area contributed by atoms with E-state index in [1.807, 2.05) is 0 Å². The van der Waals surface area contributed by atoms with E-state index in [9.17, 15) is 0 Å². The van der Waals surface area contributed by atoms with Crippen LogP contribution in [-0.2, 0) is 0 Å². The van der Waals surface area contributed by atoms with Crippen LogP contribution in [-0.4, -0.2) is 22.6 Å². The molecule has 0 saturated heterocycles. The molecule has 2 aromatic heterocycles. The first kappa shape index (κ1) is 21.1. The quantitative estimate of drug-likeness (QED) is 0.409. The van der Waals surface area contributed by atoms with Gasteiger partial charge < -0.3 is 9.47 Å². The van der Waals surface area contributed by atoms with E-state index in [0.29, 0.717) is 0 Å². The number of fused-ring (bicyclic) bond motifs is 3. The highest BCUT2D eigenvalue weighted by molar-refractivity contribution is 6.06. The van der Waals surface area contributed by atoms with Crippen molar-refractivity contribution in [3.63, 3.8) is 0 Å². The molecule has 0 atom stereocenters. The van der Waals surface area contributed by atoms with Crippen LogP contribution in [0.15, 0.2) is 30.4 Å². The van der Waals surface area contributed by atoms with Gasteiger partial charge in [-0.15, -0.1) is 0 Å². The van der Waals surface area contributed by atoms with Gasteiger partial charge in [-0.05, 0) is 88.1 Å². The van der Waals surface area contributed by atoms with Gasteiger partial charge in [-0.3, -0.25) is 4.98 Å². The van der Waals surface area contributed by atoms with Crippen molar-refractivity contribution >= 4 is 29.0 Å². The first-order valence-electron chi connectivity index (χ1n) is 12.2. The van der Waals surface area contributed by atoms with E-state index in [-0.39, 0.29) is 0 Å². The first-order valence-corrected chi connectivity index (χ1v) is 12.2. The monoisotopic (exact) mass is 425 g/mol. The van der Waals surface area contributed by atoms with Gasteiger partial charge in [0.15, 0.2) is 0 Å². The summed E-state index contributed by atoms with van der Waals surface area (Å²) >= 11 is 0. The van der Waals surface area contributed by atoms with Crippen LogP contribution in [0.4, 0.5) is 5.69 Å². The van der Waals surface area contributed by atoms with Crippen molar-refractivity contribution in [2.24, 2.45) is 5.92 Å². The van der Waals surface area contributed by atoms with Crippen LogP contribution in [0, 0.1) is 33.6 Å². The summed E-state index contributed by atoms with van der Waals surface area (Å²) in [7, 11) is 0. The minimum absolute atomic E-state index is 0.847. The number of hydrogen-bond donors (Lipinski definition) is 0. The Morgan fingerprint density at radius 3 is 2.44 bits per heavy atom. The molecule has 1 aliphatic carbocycles. The molecule has 1 saturated carbocycles. The van der Waals surface area contributed by atoms with Gasteiger partial charge in [0.2, 0.25) is 0 Å². The third-order valence-electron chi connectivity index (χ3n) is 6.83. The fourth-order valence-electron chi connectivity index (χ4n) is 5.42. The molecular formula is C29H35N3. The average molecular weight is 426 g/mol. The maximum Gasteiger partial charge on any atom is 0.0994 e. The standard InChI is InChI=1S/C29H35N3/c1-6-13-31(18-23-11-12-23)25-17-22(5)30-28-27(26-20(3)15-19(2)16-21(26)4)24-10-8-7-9-14-32(24)29(25)28/h8-10,14-17,23H,6-7,11-13,18H2,1-5H3. The fourth-order valence-corrected chi connectivity index (χ4v) is 5.42. The molecule has 1 fully saturated rings. The number of nitrogens with zero attached hydrogens (tertiary/aromatic N) is 3. The normalized spacial score (nSPS) is 15.3. The molecule has 0 amide bonds. The van der Waals surface area contributed by atoms with Crippen molar-refractivity contribution in [2.45, 2.75) is 60.3 Å². The van der Waals surface area contributed by atoms with Crippen LogP contribution >= 0.6 is 0 Å². The molecule has 2 aliphatic rings. The predicted molar refractivity (Wildman–Crippen MR) is 138 cm³/mol. The minimum Gasteiger partial charge on any atom is -0.369 e. The van der Waals surface area contributed by atoms with Crippen LogP contribution < -0.4 is 4.90 Å². The summed E-state index contributed by atoms with van der Waals surface area (Å²) in [4.78, 5) is 7.80. The smallest absolute Gasteiger partial charge is 0.0994 e. The molecule has 3 heteroatoms. The predicted octanol–water partition coefficient (Wildman–Crippen LogP) is 7.45. The van der Waals surface area contributed by atoms with Crippen molar-refractivity contribution < 1.29 is 0 Å². The SMILES string of the molecule is CCCN(CC1CC1)c1cc(C)nc2c(-c3c(C)cc(C)cc3C)c3n(c12)C=CCC=C3. The highest BCUT2D eigenvalue weighted by Gasteiger charge is 2.28. The van der Waals surface area contributed by atoms with Gasteiger partial charge in [-0.25, -0.2) is 0 Å². The topological polar surface area (TPSA) is 21.1 Å². The molecule has 1 aliphatic heterocycles. The Kier molecular flexibility index (Phi) is 5.44. The van der Waals surface area contributed by atoms with Gasteiger partial charge in [-0.2, -0.15) is 0 Å². The van der Waals surface area contributed by atoms with E-state index in [2.05, 4.69) is 86.7 Å². The second-order valence-electron chi connectivity index (χ2n) is 9.80. The second-order valence-corrected chi connectivity index (χ2v) is 9.80. The summed E-state index contributed by atoms with van der Waals surface area (Å²) in [6, 6.07) is 6.93. The summed E-state index contributed by atoms with van der Waals surface area (Å²) in [5.74, 6) is 0.847. The Balaban J connectivity index is 1.86. The molecule has 0 spiro atoms. The summed E-state index contributed by atoms with van der Waals surface area (Å²) in [5.41, 5.74) is 12.7. The zero-order valence-corrected chi connectivity index (χ0v) is 20.2. The van der Waals surface area contributed by atoms with Crippen molar-refractivity contribution in [2.75, 3.05) is 18.0 Å². The van der Waals surface area contributed by atoms with E-state index in [4.69, 9.17) is 4.98 Å². The average Bonchev–Trinajstić information content (AvgIpc) is 3.53. The van der Waals surface area contributed by atoms with E-state index in [0.717, 1.165) is 43.1 Å². The lowest BCUT2D eigenvalue weighted by Crippen LogP contribution is -2.27. The Hall–Kier alpha value is -2.81. The summed E-state index contributed by atoms with van der Waals surface area (Å²) in [6.45, 7) is 13.4. The first-order chi connectivity index (χ1) is 15.5. The number of anilines is 1. The van der Waals surface area contributed by atoms with E-state index < -0.39 is 0 Å². The molecule has 1 aromatic carbocycles. The van der Waals surface area contributed by atoms with Gasteiger partial charge in [0.25, 0.3) is 0 Å². The molecule has 0 bridgehead atoms. The lowest BCUT2D eigenvalue weighted by molar-refractivity contribution is 0.709. The molecule has 0 unspecified atom stereocenters. The Morgan fingerprint density at radius 2 is 1.75 bits per heavy atom. The van der Waals surface area contributed by atoms with Gasteiger partial charge in [-0.1, -0.05) is 36.8 Å². The lowest BCUT2D eigenvalue weighted by atomic mass is 9.92. The van der Waals surface area contributed by atoms with Crippen molar-refractivity contribution in [1.82, 2.24) is 9.55 Å². The minimum atomic E-state index is 0.847. The van der Waals surface area contributed by atoms with Crippen molar-refractivity contribution in [3.8, 4) is 11.1 Å². The molecule has 3 aromatic rings. The van der Waals surface area contributed by atoms with Crippen molar-refractivity contribution in [1.29, 1.82) is 0 Å². The number of pyridine rings is 1. The van der Waals surface area contributed by atoms with E-state index in [1.165, 1.54) is 57.6 Å². The van der Waals surface area contributed by atoms with E-state index >= 15 is 0 Å². The van der Waals surface area contributed by atoms with Crippen LogP contribution in [0.3, 0.4) is 0 Å². The second kappa shape index (κ2) is 8.27. The largest absolute Gasteiger partial charge is 0.369 e. The Morgan fingerprint density at radius 1 is 1.00 bits per heavy atom. The van der Waals surface area contributed by atoms with Crippen LogP contribution in [0.1, 0.15) is 60.7 Å². The van der Waals surface area contributed by atoms with E-state index in [1.54, 1.807) is 0 Å². The van der Waals surface area contributed by atoms with Gasteiger partial charge in [0.05, 0.1) is 22.4 Å². The van der Waals surface area contributed by atoms with Gasteiger partial charge in [0.1, 0.15) is 0 Å². The lowest BCUT2D eigenvalue weighted by Gasteiger charge is -2.26. The number of aromatic nitrogens is 2. The maximum atomic E-state index is 5.17. The van der Waals surface area contributed by atoms with Gasteiger partial charge >= 0.3 is 0 Å². The number of hydrogen-bond acceptors (Lipinski definition) is 2. The summed E-state index contributed by atoms with van der Waals surface area (Å²) in [5, 5.41) is 0. The number of benzene rings is 1. The Labute approximate surface area is 192 Å². The fraction of sp³-hybridized carbons (Fsp3) is 0.414. The van der Waals surface area contributed by atoms with Crippen LogP contribution in [0.2, 0.25) is 0 Å². The zero-order chi connectivity index (χ0) is 22.4. The highest BCUT2D eigenvalue weighted by atomic mass is 15.2. The number of rotatable bonds is 6. The molecule has 3 heterocycles. The molecule has 0 N–H and O–H groups in total. The van der Waals surface area contributed by atoms with Crippen LogP contribution in [0.25, 0.3) is 34.4 Å². The maximum absolute atomic E-state index is 5.17. The third-order valence-corrected chi connectivity index (χ3v) is 6.83. The zero-order valence-electron chi connectivity index (χ0n) is 20.2. The molecule has 3 nitrogen and oxygen atoms in total. The molecular weight excluding hydrogens is 390 g/mol. The van der Waals surface area contributed by atoms with Crippen molar-refractivity contribution in [3.05, 3.63) is 58.4 Å². The summed E-state index contributed by atoms with van der Waals surface area (Å²) < 4.78 is 2.41. The third kappa shape index (κ3) is 3.68. The molecule has 5 rings (SSSR count). The summed E-state index contributed by atoms with van der Waals surface area (Å²) in [6.07, 6.45) is 14.0. The number of aryl methyl sites for hydroxylation is 4. The molecule has 0 radical (unpaired) electrons. The molecule has 32 heavy (non-hydrogen) atoms. The highest BCUT2D eigenvalue weighted by Crippen LogP contribution is 2.43. The Bertz CT molecular complexity index is 1210. The van der Waals surface area contributed by atoms with Crippen LogP contribution in [0.5, 0.6) is 0 Å². The number of allylic oxidation sites excluding steroid dienone is 2.